The van der Waals surface area contributed by atoms with Gasteiger partial charge < -0.3 is 15.3 Å². The van der Waals surface area contributed by atoms with Crippen molar-refractivity contribution in [2.24, 2.45) is 0 Å². The molecule has 1 aromatic carbocycles. The third-order valence-corrected chi connectivity index (χ3v) is 6.66. The molecule has 0 aliphatic heterocycles. The average molecular weight is 504 g/mol. The van der Waals surface area contributed by atoms with E-state index in [9.17, 15) is 23.7 Å². The fraction of sp³-hybridized carbons (Fsp3) is 0.750. The number of rotatable bonds is 20. The van der Waals surface area contributed by atoms with Crippen molar-refractivity contribution < 1.29 is 27.9 Å². The van der Waals surface area contributed by atoms with Gasteiger partial charge in [-0.15, -0.1) is 0 Å². The third kappa shape index (κ3) is 13.7. The summed E-state index contributed by atoms with van der Waals surface area (Å²) in [6, 6.07) is 8.19. The molecule has 0 saturated heterocycles. The van der Waals surface area contributed by atoms with Crippen molar-refractivity contribution in [3.05, 3.63) is 30.3 Å². The molecule has 0 saturated carbocycles. The Bertz CT molecular complexity index is 718. The molecule has 198 valence electrons. The molecule has 3 atom stereocenters. The first-order valence-electron chi connectivity index (χ1n) is 12.4. The molecule has 1 rings (SSSR count). The summed E-state index contributed by atoms with van der Waals surface area (Å²) in [6.45, 7) is 4.99. The van der Waals surface area contributed by atoms with Crippen LogP contribution in [-0.4, -0.2) is 54.8 Å². The maximum absolute atomic E-state index is 12.0. The van der Waals surface area contributed by atoms with Crippen LogP contribution >= 0.6 is 0 Å². The molecular weight excluding hydrogens is 458 g/mol. The van der Waals surface area contributed by atoms with Crippen LogP contribution in [0.25, 0.3) is 0 Å². The van der Waals surface area contributed by atoms with Gasteiger partial charge in [-0.25, -0.2) is 0 Å². The summed E-state index contributed by atoms with van der Waals surface area (Å²) < 4.78 is 29.2. The summed E-state index contributed by atoms with van der Waals surface area (Å²) in [5.74, 6) is -0.966. The minimum Gasteiger partial charge on any atom is -0.379 e. The molecule has 34 heavy (non-hydrogen) atoms. The van der Waals surface area contributed by atoms with Crippen molar-refractivity contribution in [1.82, 2.24) is 16.0 Å². The summed E-state index contributed by atoms with van der Waals surface area (Å²) in [4.78, 5) is 0.192. The van der Waals surface area contributed by atoms with E-state index in [1.165, 1.54) is 12.1 Å². The quantitative estimate of drug-likeness (QED) is 0.0900. The van der Waals surface area contributed by atoms with Crippen molar-refractivity contribution in [3.63, 3.8) is 0 Å². The SMILES string of the molecule is CC(O)NC(CCCCCCCCCCCOS(=O)(=O)c1ccccc1)(NC(C)O)NC(C)O. The number of aliphatic hydroxyl groups is 3. The Hall–Kier alpha value is -1.11. The van der Waals surface area contributed by atoms with Gasteiger partial charge in [0.05, 0.1) is 11.5 Å². The largest absolute Gasteiger partial charge is 0.379 e. The minimum atomic E-state index is -3.66. The van der Waals surface area contributed by atoms with Gasteiger partial charge in [-0.1, -0.05) is 63.1 Å². The van der Waals surface area contributed by atoms with Crippen LogP contribution < -0.4 is 16.0 Å². The lowest BCUT2D eigenvalue weighted by molar-refractivity contribution is -0.0152. The monoisotopic (exact) mass is 503 g/mol. The summed E-state index contributed by atoms with van der Waals surface area (Å²) in [6.07, 6.45) is 7.10. The molecule has 0 bridgehead atoms. The summed E-state index contributed by atoms with van der Waals surface area (Å²) in [5, 5.41) is 38.3. The number of aliphatic hydroxyl groups excluding tert-OH is 3. The highest BCUT2D eigenvalue weighted by molar-refractivity contribution is 7.86. The Morgan fingerprint density at radius 2 is 1.15 bits per heavy atom. The highest BCUT2D eigenvalue weighted by Crippen LogP contribution is 2.16. The molecule has 0 heterocycles. The first-order chi connectivity index (χ1) is 16.1. The predicted octanol–water partition coefficient (Wildman–Crippen LogP) is 2.73. The van der Waals surface area contributed by atoms with Gasteiger partial charge in [-0.2, -0.15) is 8.42 Å². The molecule has 0 aromatic heterocycles. The molecular formula is C24H45N3O6S. The molecule has 1 aromatic rings. The maximum Gasteiger partial charge on any atom is 0.296 e. The zero-order chi connectivity index (χ0) is 25.5. The normalized spacial score (nSPS) is 16.6. The second kappa shape index (κ2) is 16.5. The van der Waals surface area contributed by atoms with Gasteiger partial charge in [0, 0.05) is 0 Å². The molecule has 0 fully saturated rings. The predicted molar refractivity (Wildman–Crippen MR) is 133 cm³/mol. The van der Waals surface area contributed by atoms with Gasteiger partial charge >= 0.3 is 0 Å². The molecule has 0 spiro atoms. The van der Waals surface area contributed by atoms with Crippen molar-refractivity contribution in [1.29, 1.82) is 0 Å². The van der Waals surface area contributed by atoms with Crippen LogP contribution in [0.4, 0.5) is 0 Å². The van der Waals surface area contributed by atoms with E-state index in [-0.39, 0.29) is 11.5 Å². The smallest absolute Gasteiger partial charge is 0.296 e. The van der Waals surface area contributed by atoms with Crippen molar-refractivity contribution in [3.8, 4) is 0 Å². The lowest BCUT2D eigenvalue weighted by Gasteiger charge is -2.40. The summed E-state index contributed by atoms with van der Waals surface area (Å²) >= 11 is 0. The van der Waals surface area contributed by atoms with Gasteiger partial charge in [-0.3, -0.25) is 20.1 Å². The van der Waals surface area contributed by atoms with E-state index in [1.807, 2.05) is 0 Å². The summed E-state index contributed by atoms with van der Waals surface area (Å²) in [7, 11) is -3.66. The summed E-state index contributed by atoms with van der Waals surface area (Å²) in [5.41, 5.74) is 0. The van der Waals surface area contributed by atoms with Crippen LogP contribution in [0.1, 0.15) is 85.0 Å². The van der Waals surface area contributed by atoms with Crippen LogP contribution in [0, 0.1) is 0 Å². The molecule has 3 unspecified atom stereocenters. The minimum absolute atomic E-state index is 0.192. The van der Waals surface area contributed by atoms with Gasteiger partial charge in [0.25, 0.3) is 10.1 Å². The fourth-order valence-corrected chi connectivity index (χ4v) is 4.93. The number of unbranched alkanes of at least 4 members (excludes halogenated alkanes) is 8. The van der Waals surface area contributed by atoms with Crippen LogP contribution in [-0.2, 0) is 14.3 Å². The van der Waals surface area contributed by atoms with E-state index < -0.39 is 34.6 Å². The number of nitrogens with one attached hydrogen (secondary N) is 3. The van der Waals surface area contributed by atoms with Crippen LogP contribution in [0.15, 0.2) is 35.2 Å². The van der Waals surface area contributed by atoms with Crippen LogP contribution in [0.5, 0.6) is 0 Å². The van der Waals surface area contributed by atoms with E-state index in [0.29, 0.717) is 6.42 Å². The highest BCUT2D eigenvalue weighted by Gasteiger charge is 2.32. The Kier molecular flexibility index (Phi) is 15.0. The second-order valence-electron chi connectivity index (χ2n) is 8.89. The number of hydrogen-bond acceptors (Lipinski definition) is 9. The Morgan fingerprint density at radius 1 is 0.735 bits per heavy atom. The van der Waals surface area contributed by atoms with E-state index in [1.54, 1.807) is 39.0 Å². The van der Waals surface area contributed by atoms with Crippen molar-refractivity contribution in [2.75, 3.05) is 6.61 Å². The third-order valence-electron chi connectivity index (χ3n) is 5.33. The molecule has 0 aliphatic carbocycles. The number of benzene rings is 1. The Balaban J connectivity index is 2.16. The van der Waals surface area contributed by atoms with E-state index in [4.69, 9.17) is 4.18 Å². The zero-order valence-corrected chi connectivity index (χ0v) is 21.7. The van der Waals surface area contributed by atoms with Gasteiger partial charge in [-0.05, 0) is 52.2 Å². The maximum atomic E-state index is 12.0. The van der Waals surface area contributed by atoms with Gasteiger partial charge in [0.2, 0.25) is 0 Å². The molecule has 0 amide bonds. The van der Waals surface area contributed by atoms with E-state index in [2.05, 4.69) is 16.0 Å². The molecule has 9 nitrogen and oxygen atoms in total. The van der Waals surface area contributed by atoms with Crippen LogP contribution in [0.3, 0.4) is 0 Å². The Morgan fingerprint density at radius 3 is 1.59 bits per heavy atom. The first-order valence-corrected chi connectivity index (χ1v) is 13.8. The lowest BCUT2D eigenvalue weighted by atomic mass is 10.0. The van der Waals surface area contributed by atoms with Crippen molar-refractivity contribution in [2.45, 2.75) is 114 Å². The van der Waals surface area contributed by atoms with E-state index >= 15 is 0 Å². The van der Waals surface area contributed by atoms with Gasteiger partial charge in [0.1, 0.15) is 24.5 Å². The standard InChI is InChI=1S/C24H45N3O6S/c1-20(28)25-24(26-21(2)29,27-22(3)30)18-14-9-7-5-4-6-8-10-15-19-33-34(31,32)23-16-12-11-13-17-23/h11-13,16-17,20-22,25-30H,4-10,14-15,18-19H2,1-3H3. The van der Waals surface area contributed by atoms with Crippen molar-refractivity contribution >= 4 is 10.1 Å². The molecule has 10 heteroatoms. The average Bonchev–Trinajstić information content (AvgIpc) is 2.73. The molecule has 0 radical (unpaired) electrons. The zero-order valence-electron chi connectivity index (χ0n) is 20.9. The molecule has 6 N–H and O–H groups in total. The number of hydrogen-bond donors (Lipinski definition) is 6. The van der Waals surface area contributed by atoms with E-state index in [0.717, 1.165) is 57.8 Å². The lowest BCUT2D eigenvalue weighted by Crippen LogP contribution is -2.71. The van der Waals surface area contributed by atoms with Crippen LogP contribution in [0.2, 0.25) is 0 Å². The Labute approximate surface area is 205 Å². The highest BCUT2D eigenvalue weighted by atomic mass is 32.2. The molecule has 0 aliphatic rings. The first kappa shape index (κ1) is 30.9. The topological polar surface area (TPSA) is 140 Å². The second-order valence-corrected chi connectivity index (χ2v) is 10.5. The fourth-order valence-electron chi connectivity index (χ4n) is 3.96. The van der Waals surface area contributed by atoms with Gasteiger partial charge in [0.15, 0.2) is 0 Å².